The molecule has 0 fully saturated rings. The average Bonchev–Trinajstić information content (AvgIpc) is 3.17. The van der Waals surface area contributed by atoms with Crippen LogP contribution in [0.25, 0.3) is 10.8 Å². The lowest BCUT2D eigenvalue weighted by Crippen LogP contribution is -2.19. The Hall–Kier alpha value is -3.67. The molecule has 1 aromatic heterocycles. The van der Waals surface area contributed by atoms with Crippen LogP contribution in [0.4, 0.5) is 16.2 Å². The standard InChI is InChI=1S/C20H17N5O/c26-20(24-19-7-3-5-16-4-1-2-6-18(16)19)23-17-10-8-15(9-11-17)12-25-14-21-13-22-25/h1-11,13-14H,12H2,(H2,23,24,26). The van der Waals surface area contributed by atoms with Crippen LogP contribution >= 0.6 is 0 Å². The van der Waals surface area contributed by atoms with Crippen molar-refractivity contribution in [2.75, 3.05) is 10.6 Å². The molecule has 4 aromatic rings. The van der Waals surface area contributed by atoms with E-state index < -0.39 is 0 Å². The summed E-state index contributed by atoms with van der Waals surface area (Å²) in [7, 11) is 0. The van der Waals surface area contributed by atoms with Crippen LogP contribution in [0, 0.1) is 0 Å². The van der Waals surface area contributed by atoms with Crippen LogP contribution in [0.15, 0.2) is 79.4 Å². The maximum atomic E-state index is 12.3. The van der Waals surface area contributed by atoms with Crippen molar-refractivity contribution in [3.8, 4) is 0 Å². The Morgan fingerprint density at radius 1 is 0.923 bits per heavy atom. The first-order valence-electron chi connectivity index (χ1n) is 8.25. The molecule has 26 heavy (non-hydrogen) atoms. The van der Waals surface area contributed by atoms with Gasteiger partial charge in [-0.1, -0.05) is 48.5 Å². The lowest BCUT2D eigenvalue weighted by molar-refractivity contribution is 0.262. The smallest absolute Gasteiger partial charge is 0.308 e. The summed E-state index contributed by atoms with van der Waals surface area (Å²) in [6.45, 7) is 0.641. The zero-order valence-electron chi connectivity index (χ0n) is 14.0. The summed E-state index contributed by atoms with van der Waals surface area (Å²) in [5.74, 6) is 0. The number of nitrogens with zero attached hydrogens (tertiary/aromatic N) is 3. The maximum Gasteiger partial charge on any atom is 0.323 e. The van der Waals surface area contributed by atoms with Gasteiger partial charge in [0.2, 0.25) is 0 Å². The van der Waals surface area contributed by atoms with Gasteiger partial charge in [0, 0.05) is 11.1 Å². The molecule has 0 spiro atoms. The van der Waals surface area contributed by atoms with Crippen LogP contribution < -0.4 is 10.6 Å². The summed E-state index contributed by atoms with van der Waals surface area (Å²) in [6.07, 6.45) is 3.18. The van der Waals surface area contributed by atoms with E-state index in [0.717, 1.165) is 27.7 Å². The maximum absolute atomic E-state index is 12.3. The number of anilines is 2. The van der Waals surface area contributed by atoms with Crippen molar-refractivity contribution in [2.45, 2.75) is 6.54 Å². The largest absolute Gasteiger partial charge is 0.323 e. The Morgan fingerprint density at radius 3 is 2.54 bits per heavy atom. The molecule has 128 valence electrons. The Balaban J connectivity index is 1.43. The van der Waals surface area contributed by atoms with E-state index >= 15 is 0 Å². The van der Waals surface area contributed by atoms with Crippen LogP contribution in [0.1, 0.15) is 5.56 Å². The highest BCUT2D eigenvalue weighted by Crippen LogP contribution is 2.23. The third-order valence-corrected chi connectivity index (χ3v) is 4.06. The number of nitrogens with one attached hydrogen (secondary N) is 2. The molecule has 4 rings (SSSR count). The van der Waals surface area contributed by atoms with Crippen LogP contribution in [-0.2, 0) is 6.54 Å². The van der Waals surface area contributed by atoms with Gasteiger partial charge in [0.25, 0.3) is 0 Å². The van der Waals surface area contributed by atoms with Gasteiger partial charge in [0.05, 0.1) is 12.2 Å². The Morgan fingerprint density at radius 2 is 1.73 bits per heavy atom. The number of fused-ring (bicyclic) bond motifs is 1. The van der Waals surface area contributed by atoms with Gasteiger partial charge in [-0.05, 0) is 29.1 Å². The quantitative estimate of drug-likeness (QED) is 0.585. The first-order valence-corrected chi connectivity index (χ1v) is 8.25. The van der Waals surface area contributed by atoms with Crippen LogP contribution in [0.5, 0.6) is 0 Å². The lowest BCUT2D eigenvalue weighted by Gasteiger charge is -2.10. The first kappa shape index (κ1) is 15.8. The van der Waals surface area contributed by atoms with Crippen molar-refractivity contribution < 1.29 is 4.79 Å². The van der Waals surface area contributed by atoms with E-state index in [1.54, 1.807) is 11.0 Å². The molecular formula is C20H17N5O. The highest BCUT2D eigenvalue weighted by Gasteiger charge is 2.06. The van der Waals surface area contributed by atoms with Crippen molar-refractivity contribution in [2.24, 2.45) is 0 Å². The number of amides is 2. The third-order valence-electron chi connectivity index (χ3n) is 4.06. The third kappa shape index (κ3) is 3.54. The average molecular weight is 343 g/mol. The number of urea groups is 1. The molecule has 6 heteroatoms. The van der Waals surface area contributed by atoms with Crippen molar-refractivity contribution >= 4 is 28.2 Å². The first-order chi connectivity index (χ1) is 12.8. The molecule has 2 amide bonds. The topological polar surface area (TPSA) is 71.8 Å². The van der Waals surface area contributed by atoms with Crippen molar-refractivity contribution in [1.29, 1.82) is 0 Å². The molecule has 0 bridgehead atoms. The molecule has 1 heterocycles. The zero-order chi connectivity index (χ0) is 17.8. The minimum Gasteiger partial charge on any atom is -0.308 e. The van der Waals surface area contributed by atoms with Crippen molar-refractivity contribution in [3.05, 3.63) is 84.9 Å². The van der Waals surface area contributed by atoms with Gasteiger partial charge in [-0.25, -0.2) is 14.5 Å². The van der Waals surface area contributed by atoms with E-state index in [1.807, 2.05) is 66.7 Å². The zero-order valence-corrected chi connectivity index (χ0v) is 14.0. The summed E-state index contributed by atoms with van der Waals surface area (Å²) in [4.78, 5) is 16.2. The van der Waals surface area contributed by atoms with Gasteiger partial charge in [-0.2, -0.15) is 5.10 Å². The van der Waals surface area contributed by atoms with Crippen LogP contribution in [-0.4, -0.2) is 20.8 Å². The summed E-state index contributed by atoms with van der Waals surface area (Å²) in [5.41, 5.74) is 2.59. The molecule has 6 nitrogen and oxygen atoms in total. The number of hydrogen-bond acceptors (Lipinski definition) is 3. The number of carbonyl (C=O) groups is 1. The van der Waals surface area contributed by atoms with E-state index in [-0.39, 0.29) is 6.03 Å². The van der Waals surface area contributed by atoms with Crippen LogP contribution in [0.2, 0.25) is 0 Å². The predicted molar refractivity (Wildman–Crippen MR) is 102 cm³/mol. The molecule has 2 N–H and O–H groups in total. The monoisotopic (exact) mass is 343 g/mol. The van der Waals surface area contributed by atoms with Gasteiger partial charge >= 0.3 is 6.03 Å². The fraction of sp³-hybridized carbons (Fsp3) is 0.0500. The van der Waals surface area contributed by atoms with Crippen LogP contribution in [0.3, 0.4) is 0 Å². The van der Waals surface area contributed by atoms with Gasteiger partial charge in [-0.3, -0.25) is 0 Å². The molecule has 0 atom stereocenters. The van der Waals surface area contributed by atoms with Crippen molar-refractivity contribution in [3.63, 3.8) is 0 Å². The number of carbonyl (C=O) groups excluding carboxylic acids is 1. The number of rotatable bonds is 4. The second kappa shape index (κ2) is 7.06. The second-order valence-corrected chi connectivity index (χ2v) is 5.90. The van der Waals surface area contributed by atoms with Gasteiger partial charge < -0.3 is 10.6 Å². The van der Waals surface area contributed by atoms with E-state index in [1.165, 1.54) is 6.33 Å². The molecule has 0 saturated heterocycles. The SMILES string of the molecule is O=C(Nc1ccc(Cn2cncn2)cc1)Nc1cccc2ccccc12. The summed E-state index contributed by atoms with van der Waals surface area (Å²) >= 11 is 0. The van der Waals surface area contributed by atoms with Gasteiger partial charge in [-0.15, -0.1) is 0 Å². The highest BCUT2D eigenvalue weighted by atomic mass is 16.2. The molecule has 3 aromatic carbocycles. The normalized spacial score (nSPS) is 10.6. The number of aromatic nitrogens is 3. The summed E-state index contributed by atoms with van der Waals surface area (Å²) < 4.78 is 1.75. The molecule has 0 unspecified atom stereocenters. The van der Waals surface area contributed by atoms with E-state index in [9.17, 15) is 4.79 Å². The fourth-order valence-corrected chi connectivity index (χ4v) is 2.81. The molecular weight excluding hydrogens is 326 g/mol. The summed E-state index contributed by atoms with van der Waals surface area (Å²) in [6, 6.07) is 21.2. The highest BCUT2D eigenvalue weighted by molar-refractivity contribution is 6.06. The minimum absolute atomic E-state index is 0.273. The predicted octanol–water partition coefficient (Wildman–Crippen LogP) is 4.12. The van der Waals surface area contributed by atoms with Gasteiger partial charge in [0.15, 0.2) is 0 Å². The Bertz CT molecular complexity index is 1020. The Kier molecular flexibility index (Phi) is 4.30. The molecule has 0 aliphatic carbocycles. The number of hydrogen-bond donors (Lipinski definition) is 2. The molecule has 0 radical (unpaired) electrons. The van der Waals surface area contributed by atoms with Crippen molar-refractivity contribution in [1.82, 2.24) is 14.8 Å². The van der Waals surface area contributed by atoms with Gasteiger partial charge in [0.1, 0.15) is 12.7 Å². The van der Waals surface area contributed by atoms with E-state index in [2.05, 4.69) is 20.7 Å². The van der Waals surface area contributed by atoms with E-state index in [0.29, 0.717) is 6.54 Å². The minimum atomic E-state index is -0.273. The van der Waals surface area contributed by atoms with E-state index in [4.69, 9.17) is 0 Å². The molecule has 0 aliphatic heterocycles. The lowest BCUT2D eigenvalue weighted by atomic mass is 10.1. The summed E-state index contributed by atoms with van der Waals surface area (Å²) in [5, 5.41) is 11.9. The number of benzene rings is 3. The molecule has 0 aliphatic rings. The second-order valence-electron chi connectivity index (χ2n) is 5.90. The Labute approximate surface area is 150 Å². The fourth-order valence-electron chi connectivity index (χ4n) is 2.81. The molecule has 0 saturated carbocycles.